The Morgan fingerprint density at radius 2 is 1.10 bits per heavy atom. The van der Waals surface area contributed by atoms with Crippen molar-refractivity contribution < 1.29 is 4.74 Å². The van der Waals surface area contributed by atoms with Gasteiger partial charge in [0.25, 0.3) is 0 Å². The predicted molar refractivity (Wildman–Crippen MR) is 163 cm³/mol. The third-order valence-electron chi connectivity index (χ3n) is 6.96. The van der Waals surface area contributed by atoms with Gasteiger partial charge in [-0.15, -0.1) is 0 Å². The number of hydrogen-bond donors (Lipinski definition) is 0. The Morgan fingerprint density at radius 3 is 1.44 bits per heavy atom. The van der Waals surface area contributed by atoms with Crippen LogP contribution in [0.1, 0.15) is 49.9 Å². The Morgan fingerprint density at radius 1 is 0.692 bits per heavy atom. The van der Waals surface area contributed by atoms with Crippen molar-refractivity contribution in [3.8, 4) is 12.1 Å². The molecule has 0 atom stereocenters. The molecule has 2 aromatic carbocycles. The van der Waals surface area contributed by atoms with Crippen molar-refractivity contribution in [1.82, 2.24) is 0 Å². The van der Waals surface area contributed by atoms with E-state index in [4.69, 9.17) is 4.74 Å². The second-order valence-electron chi connectivity index (χ2n) is 9.34. The second kappa shape index (κ2) is 13.9. The average Bonchev–Trinajstić information content (AvgIpc) is 2.94. The topological polar surface area (TPSA) is 63.3 Å². The van der Waals surface area contributed by atoms with Gasteiger partial charge in [-0.1, -0.05) is 24.3 Å². The first-order chi connectivity index (χ1) is 18.9. The van der Waals surface area contributed by atoms with Gasteiger partial charge in [0.05, 0.1) is 0 Å². The van der Waals surface area contributed by atoms with Crippen LogP contribution in [0.5, 0.6) is 0 Å². The molecule has 39 heavy (non-hydrogen) atoms. The van der Waals surface area contributed by atoms with Gasteiger partial charge in [0.2, 0.25) is 0 Å². The van der Waals surface area contributed by atoms with E-state index < -0.39 is 0 Å². The first kappa shape index (κ1) is 29.1. The van der Waals surface area contributed by atoms with Crippen LogP contribution in [-0.4, -0.2) is 26.2 Å². The van der Waals surface area contributed by atoms with E-state index >= 15 is 0 Å². The number of benzene rings is 2. The summed E-state index contributed by atoms with van der Waals surface area (Å²) in [6.45, 7) is 16.7. The number of nitrogens with zero attached hydrogens (tertiary/aromatic N) is 4. The minimum Gasteiger partial charge on any atom is -0.457 e. The maximum Gasteiger partial charge on any atom is 0.137 e. The summed E-state index contributed by atoms with van der Waals surface area (Å²) < 4.78 is 6.15. The van der Waals surface area contributed by atoms with Crippen LogP contribution in [0.4, 0.5) is 11.4 Å². The van der Waals surface area contributed by atoms with Crippen molar-refractivity contribution >= 4 is 23.5 Å². The Labute approximate surface area is 233 Å². The average molecular weight is 519 g/mol. The minimum atomic E-state index is 0.0506. The van der Waals surface area contributed by atoms with Crippen molar-refractivity contribution in [1.29, 1.82) is 10.5 Å². The predicted octanol–water partition coefficient (Wildman–Crippen LogP) is 7.86. The number of ether oxygens (including phenoxy) is 1. The number of anilines is 2. The van der Waals surface area contributed by atoms with E-state index in [2.05, 4.69) is 87.7 Å². The first-order valence-corrected chi connectivity index (χ1v) is 13.6. The molecule has 1 aliphatic rings. The van der Waals surface area contributed by atoms with Crippen molar-refractivity contribution in [3.05, 3.63) is 106 Å². The molecular formula is C34H38N4O. The van der Waals surface area contributed by atoms with E-state index in [1.807, 2.05) is 36.4 Å². The zero-order valence-electron chi connectivity index (χ0n) is 24.0. The van der Waals surface area contributed by atoms with Crippen LogP contribution < -0.4 is 9.80 Å². The lowest BCUT2D eigenvalue weighted by molar-refractivity contribution is 0.332. The molecule has 0 aromatic heterocycles. The molecule has 2 aromatic rings. The molecule has 0 saturated heterocycles. The highest BCUT2D eigenvalue weighted by atomic mass is 16.5. The van der Waals surface area contributed by atoms with Gasteiger partial charge in [0.1, 0.15) is 29.2 Å². The summed E-state index contributed by atoms with van der Waals surface area (Å²) in [4.78, 5) is 4.63. The molecule has 5 nitrogen and oxygen atoms in total. The monoisotopic (exact) mass is 518 g/mol. The molecule has 1 heterocycles. The van der Waals surface area contributed by atoms with Crippen LogP contribution in [-0.2, 0) is 4.74 Å². The lowest BCUT2D eigenvalue weighted by Gasteiger charge is -2.22. The zero-order chi connectivity index (χ0) is 28.4. The van der Waals surface area contributed by atoms with Crippen molar-refractivity contribution in [2.24, 2.45) is 0 Å². The van der Waals surface area contributed by atoms with Crippen LogP contribution in [0.3, 0.4) is 0 Å². The van der Waals surface area contributed by atoms with Crippen LogP contribution >= 0.6 is 0 Å². The number of nitriles is 2. The van der Waals surface area contributed by atoms with E-state index in [1.54, 1.807) is 12.2 Å². The lowest BCUT2D eigenvalue weighted by atomic mass is 10.0. The molecule has 0 aliphatic carbocycles. The van der Waals surface area contributed by atoms with E-state index in [-0.39, 0.29) is 5.57 Å². The molecule has 0 fully saturated rings. The Bertz CT molecular complexity index is 1310. The summed E-state index contributed by atoms with van der Waals surface area (Å²) in [7, 11) is 0. The van der Waals surface area contributed by atoms with Crippen LogP contribution in [0.15, 0.2) is 83.4 Å². The molecule has 0 spiro atoms. The smallest absolute Gasteiger partial charge is 0.137 e. The second-order valence-corrected chi connectivity index (χ2v) is 9.34. The fraction of sp³-hybridized carbons (Fsp3) is 0.294. The largest absolute Gasteiger partial charge is 0.457 e. The number of hydrogen-bond acceptors (Lipinski definition) is 5. The van der Waals surface area contributed by atoms with Gasteiger partial charge in [-0.05, 0) is 112 Å². The van der Waals surface area contributed by atoms with Crippen molar-refractivity contribution in [2.45, 2.75) is 41.5 Å². The molecule has 5 heteroatoms. The minimum absolute atomic E-state index is 0.0506. The number of allylic oxidation sites excluding steroid dienone is 6. The van der Waals surface area contributed by atoms with Gasteiger partial charge in [-0.25, -0.2) is 0 Å². The molecule has 1 aliphatic heterocycles. The molecule has 0 amide bonds. The standard InChI is InChI=1S/C34H38N4O/c1-7-37(8-2)31-15-11-27(25(5)19-31)13-17-33-21-29(30(23-35)24-36)22-34(39-33)18-14-28-12-16-32(20-26(28)6)38(9-3)10-4/h11-22H,7-10H2,1-6H3/b17-13+,18-14+. The quantitative estimate of drug-likeness (QED) is 0.300. The highest BCUT2D eigenvalue weighted by Crippen LogP contribution is 2.27. The third kappa shape index (κ3) is 7.30. The van der Waals surface area contributed by atoms with Crippen LogP contribution in [0.2, 0.25) is 0 Å². The highest BCUT2D eigenvalue weighted by Gasteiger charge is 2.13. The molecule has 3 rings (SSSR count). The van der Waals surface area contributed by atoms with Crippen molar-refractivity contribution in [2.75, 3.05) is 36.0 Å². The van der Waals surface area contributed by atoms with Gasteiger partial charge >= 0.3 is 0 Å². The fourth-order valence-corrected chi connectivity index (χ4v) is 4.61. The molecule has 0 saturated carbocycles. The Hall–Kier alpha value is -4.48. The van der Waals surface area contributed by atoms with Gasteiger partial charge in [-0.2, -0.15) is 10.5 Å². The van der Waals surface area contributed by atoms with Gasteiger partial charge in [0, 0.05) is 43.1 Å². The highest BCUT2D eigenvalue weighted by molar-refractivity contribution is 5.65. The molecule has 200 valence electrons. The molecule has 0 unspecified atom stereocenters. The summed E-state index contributed by atoms with van der Waals surface area (Å²) in [5.41, 5.74) is 7.48. The summed E-state index contributed by atoms with van der Waals surface area (Å²) >= 11 is 0. The summed E-state index contributed by atoms with van der Waals surface area (Å²) in [6.07, 6.45) is 11.3. The van der Waals surface area contributed by atoms with Gasteiger partial charge in [0.15, 0.2) is 0 Å². The molecular weight excluding hydrogens is 480 g/mol. The van der Waals surface area contributed by atoms with Crippen molar-refractivity contribution in [3.63, 3.8) is 0 Å². The Balaban J connectivity index is 1.88. The maximum absolute atomic E-state index is 9.49. The summed E-state index contributed by atoms with van der Waals surface area (Å²) in [5.74, 6) is 1.13. The SMILES string of the molecule is CCN(CC)c1ccc(/C=C/C2=CC(=C(C#N)C#N)C=C(/C=C/c3ccc(N(CC)CC)cc3C)O2)c(C)c1. The van der Waals surface area contributed by atoms with Crippen LogP contribution in [0.25, 0.3) is 12.2 Å². The first-order valence-electron chi connectivity index (χ1n) is 13.6. The molecule has 0 bridgehead atoms. The molecule has 0 radical (unpaired) electrons. The fourth-order valence-electron chi connectivity index (χ4n) is 4.61. The summed E-state index contributed by atoms with van der Waals surface area (Å²) in [5, 5.41) is 19.0. The lowest BCUT2D eigenvalue weighted by Crippen LogP contribution is -2.21. The Kier molecular flexibility index (Phi) is 10.4. The van der Waals surface area contributed by atoms with E-state index in [0.717, 1.165) is 48.4 Å². The van der Waals surface area contributed by atoms with Gasteiger partial charge in [-0.3, -0.25) is 0 Å². The molecule has 0 N–H and O–H groups in total. The number of aryl methyl sites for hydroxylation is 2. The van der Waals surface area contributed by atoms with Gasteiger partial charge < -0.3 is 14.5 Å². The van der Waals surface area contributed by atoms with E-state index in [9.17, 15) is 10.5 Å². The summed E-state index contributed by atoms with van der Waals surface area (Å²) in [6, 6.07) is 16.9. The number of rotatable bonds is 10. The van der Waals surface area contributed by atoms with E-state index in [1.165, 1.54) is 11.4 Å². The zero-order valence-corrected chi connectivity index (χ0v) is 24.0. The van der Waals surface area contributed by atoms with Crippen LogP contribution in [0, 0.1) is 36.5 Å². The third-order valence-corrected chi connectivity index (χ3v) is 6.96. The maximum atomic E-state index is 9.49. The van der Waals surface area contributed by atoms with E-state index in [0.29, 0.717) is 17.1 Å². The normalized spacial score (nSPS) is 13.0.